The van der Waals surface area contributed by atoms with Gasteiger partial charge in [-0.25, -0.2) is 0 Å². The molecule has 0 fully saturated rings. The Morgan fingerprint density at radius 1 is 1.00 bits per heavy atom. The summed E-state index contributed by atoms with van der Waals surface area (Å²) in [7, 11) is 0. The van der Waals surface area contributed by atoms with Crippen LogP contribution in [0.4, 0.5) is 0 Å². The molecule has 0 aliphatic heterocycles. The van der Waals surface area contributed by atoms with Crippen LogP contribution in [0.3, 0.4) is 0 Å². The van der Waals surface area contributed by atoms with Gasteiger partial charge in [0, 0.05) is 25.6 Å². The quantitative estimate of drug-likeness (QED) is 0.444. The number of terminal acetylenes is 1. The van der Waals surface area contributed by atoms with Crippen molar-refractivity contribution in [1.82, 2.24) is 0 Å². The van der Waals surface area contributed by atoms with Crippen molar-refractivity contribution < 1.29 is 10.2 Å². The number of unbranched alkanes of at least 4 members (excludes halogenated alkanes) is 4. The third-order valence-corrected chi connectivity index (χ3v) is 2.20. The van der Waals surface area contributed by atoms with E-state index < -0.39 is 0 Å². The summed E-state index contributed by atoms with van der Waals surface area (Å²) in [6.45, 7) is 0.196. The lowest BCUT2D eigenvalue weighted by molar-refractivity contribution is 0.141. The van der Waals surface area contributed by atoms with Crippen molar-refractivity contribution in [1.29, 1.82) is 0 Å². The number of rotatable bonds is 8. The maximum absolute atomic E-state index is 8.78. The Kier molecular flexibility index (Phi) is 9.18. The van der Waals surface area contributed by atoms with Gasteiger partial charge in [-0.2, -0.15) is 0 Å². The third kappa shape index (κ3) is 7.83. The summed E-state index contributed by atoms with van der Waals surface area (Å²) in [5.74, 6) is 2.69. The first-order chi connectivity index (χ1) is 6.35. The first-order valence-corrected chi connectivity index (χ1v) is 5.00. The Morgan fingerprint density at radius 2 is 1.62 bits per heavy atom. The Balaban J connectivity index is 3.11. The molecule has 0 bridgehead atoms. The molecule has 0 rings (SSSR count). The Morgan fingerprint density at radius 3 is 2.15 bits per heavy atom. The van der Waals surface area contributed by atoms with Gasteiger partial charge in [0.1, 0.15) is 0 Å². The smallest absolute Gasteiger partial charge is 0.0481 e. The fraction of sp³-hybridized carbons (Fsp3) is 0.818. The van der Waals surface area contributed by atoms with E-state index in [0.29, 0.717) is 0 Å². The topological polar surface area (TPSA) is 40.5 Å². The second-order valence-corrected chi connectivity index (χ2v) is 3.39. The van der Waals surface area contributed by atoms with Gasteiger partial charge in [-0.05, 0) is 12.8 Å². The van der Waals surface area contributed by atoms with Crippen molar-refractivity contribution in [2.75, 3.05) is 13.2 Å². The lowest BCUT2D eigenvalue weighted by atomic mass is 10.0. The summed E-state index contributed by atoms with van der Waals surface area (Å²) in [6.07, 6.45) is 11.4. The Bertz CT molecular complexity index is 134. The Hall–Kier alpha value is -0.520. The largest absolute Gasteiger partial charge is 0.396 e. The van der Waals surface area contributed by atoms with Crippen LogP contribution in [0.15, 0.2) is 0 Å². The zero-order valence-electron chi connectivity index (χ0n) is 8.21. The maximum Gasteiger partial charge on any atom is 0.0481 e. The van der Waals surface area contributed by atoms with E-state index >= 15 is 0 Å². The van der Waals surface area contributed by atoms with E-state index in [4.69, 9.17) is 16.6 Å². The molecule has 2 N–H and O–H groups in total. The first kappa shape index (κ1) is 12.5. The molecule has 0 atom stereocenters. The monoisotopic (exact) mass is 184 g/mol. The van der Waals surface area contributed by atoms with Crippen LogP contribution >= 0.6 is 0 Å². The summed E-state index contributed by atoms with van der Waals surface area (Å²) < 4.78 is 0. The van der Waals surface area contributed by atoms with E-state index in [0.717, 1.165) is 38.5 Å². The van der Waals surface area contributed by atoms with Gasteiger partial charge in [0.2, 0.25) is 0 Å². The number of hydrogen-bond acceptors (Lipinski definition) is 2. The van der Waals surface area contributed by atoms with Crippen LogP contribution in [0, 0.1) is 18.3 Å². The molecule has 2 nitrogen and oxygen atoms in total. The highest BCUT2D eigenvalue weighted by Crippen LogP contribution is 2.10. The van der Waals surface area contributed by atoms with Gasteiger partial charge >= 0.3 is 0 Å². The second-order valence-electron chi connectivity index (χ2n) is 3.39. The average molecular weight is 184 g/mol. The molecule has 0 aliphatic rings. The summed E-state index contributed by atoms with van der Waals surface area (Å²) in [5.41, 5.74) is 0. The standard InChI is InChI=1S/C11H20O2/c1-2-3-4-5-6-7-8-11(9-12)10-13/h1,11-13H,3-10H2. The van der Waals surface area contributed by atoms with Crippen LogP contribution in [0.2, 0.25) is 0 Å². The molecule has 0 saturated carbocycles. The summed E-state index contributed by atoms with van der Waals surface area (Å²) in [6, 6.07) is 0. The highest BCUT2D eigenvalue weighted by molar-refractivity contribution is 4.82. The van der Waals surface area contributed by atoms with Gasteiger partial charge in [0.05, 0.1) is 0 Å². The molecule has 76 valence electrons. The van der Waals surface area contributed by atoms with E-state index in [1.165, 1.54) is 0 Å². The van der Waals surface area contributed by atoms with E-state index in [9.17, 15) is 0 Å². The zero-order valence-corrected chi connectivity index (χ0v) is 8.21. The van der Waals surface area contributed by atoms with Crippen LogP contribution in [0.1, 0.15) is 38.5 Å². The molecule has 0 aromatic carbocycles. The maximum atomic E-state index is 8.78. The number of aliphatic hydroxyl groups excluding tert-OH is 2. The van der Waals surface area contributed by atoms with Gasteiger partial charge in [-0.3, -0.25) is 0 Å². The minimum Gasteiger partial charge on any atom is -0.396 e. The molecule has 13 heavy (non-hydrogen) atoms. The van der Waals surface area contributed by atoms with Gasteiger partial charge in [-0.15, -0.1) is 12.3 Å². The van der Waals surface area contributed by atoms with Crippen molar-refractivity contribution >= 4 is 0 Å². The Labute approximate surface area is 81.0 Å². The molecular weight excluding hydrogens is 164 g/mol. The molecular formula is C11H20O2. The summed E-state index contributed by atoms with van der Waals surface area (Å²) >= 11 is 0. The minimum atomic E-state index is 0.0765. The molecule has 2 heteroatoms. The fourth-order valence-corrected chi connectivity index (χ4v) is 1.25. The van der Waals surface area contributed by atoms with Gasteiger partial charge in [-0.1, -0.05) is 19.3 Å². The van der Waals surface area contributed by atoms with E-state index in [2.05, 4.69) is 5.92 Å². The van der Waals surface area contributed by atoms with Gasteiger partial charge < -0.3 is 10.2 Å². The van der Waals surface area contributed by atoms with E-state index in [-0.39, 0.29) is 19.1 Å². The van der Waals surface area contributed by atoms with Crippen LogP contribution < -0.4 is 0 Å². The van der Waals surface area contributed by atoms with Crippen LogP contribution in [0.25, 0.3) is 0 Å². The average Bonchev–Trinajstić information content (AvgIpc) is 2.17. The SMILES string of the molecule is C#CCCCCCCC(CO)CO. The highest BCUT2D eigenvalue weighted by atomic mass is 16.3. The zero-order chi connectivity index (χ0) is 9.94. The molecule has 0 unspecified atom stereocenters. The van der Waals surface area contributed by atoms with E-state index in [1.54, 1.807) is 0 Å². The van der Waals surface area contributed by atoms with Crippen molar-refractivity contribution in [2.24, 2.45) is 5.92 Å². The molecule has 0 spiro atoms. The van der Waals surface area contributed by atoms with Crippen molar-refractivity contribution in [3.05, 3.63) is 0 Å². The normalized spacial score (nSPS) is 10.3. The summed E-state index contributed by atoms with van der Waals surface area (Å²) in [4.78, 5) is 0. The fourth-order valence-electron chi connectivity index (χ4n) is 1.25. The van der Waals surface area contributed by atoms with Crippen LogP contribution in [0.5, 0.6) is 0 Å². The number of hydrogen-bond donors (Lipinski definition) is 2. The molecule has 0 aliphatic carbocycles. The molecule has 0 radical (unpaired) electrons. The number of aliphatic hydroxyl groups is 2. The molecule has 0 saturated heterocycles. The third-order valence-electron chi connectivity index (χ3n) is 2.20. The van der Waals surface area contributed by atoms with Gasteiger partial charge in [0.25, 0.3) is 0 Å². The lowest BCUT2D eigenvalue weighted by Crippen LogP contribution is -2.10. The second kappa shape index (κ2) is 9.57. The van der Waals surface area contributed by atoms with Crippen molar-refractivity contribution in [2.45, 2.75) is 38.5 Å². The van der Waals surface area contributed by atoms with Crippen LogP contribution in [-0.2, 0) is 0 Å². The van der Waals surface area contributed by atoms with Crippen molar-refractivity contribution in [3.8, 4) is 12.3 Å². The summed E-state index contributed by atoms with van der Waals surface area (Å²) in [5, 5.41) is 17.6. The van der Waals surface area contributed by atoms with Crippen LogP contribution in [-0.4, -0.2) is 23.4 Å². The predicted molar refractivity (Wildman–Crippen MR) is 54.2 cm³/mol. The predicted octanol–water partition coefficient (Wildman–Crippen LogP) is 1.56. The molecule has 0 aromatic rings. The first-order valence-electron chi connectivity index (χ1n) is 5.00. The molecule has 0 aromatic heterocycles. The van der Waals surface area contributed by atoms with Crippen molar-refractivity contribution in [3.63, 3.8) is 0 Å². The molecule has 0 heterocycles. The van der Waals surface area contributed by atoms with E-state index in [1.807, 2.05) is 0 Å². The van der Waals surface area contributed by atoms with Gasteiger partial charge in [0.15, 0.2) is 0 Å². The molecule has 0 amide bonds. The highest BCUT2D eigenvalue weighted by Gasteiger charge is 2.04. The lowest BCUT2D eigenvalue weighted by Gasteiger charge is -2.09. The minimum absolute atomic E-state index is 0.0765.